The molecule has 0 atom stereocenters. The molecule has 0 aliphatic rings. The van der Waals surface area contributed by atoms with Gasteiger partial charge in [-0.1, -0.05) is 27.2 Å². The zero-order chi connectivity index (χ0) is 14.2. The van der Waals surface area contributed by atoms with E-state index in [4.69, 9.17) is 20.0 Å². The van der Waals surface area contributed by atoms with Crippen molar-refractivity contribution in [2.75, 3.05) is 13.2 Å². The minimum Gasteiger partial charge on any atom is -0.478 e. The van der Waals surface area contributed by atoms with Gasteiger partial charge in [0.25, 0.3) is 0 Å². The maximum Gasteiger partial charge on any atom is 0.332 e. The van der Waals surface area contributed by atoms with Crippen LogP contribution in [0, 0.1) is 5.41 Å². The van der Waals surface area contributed by atoms with Gasteiger partial charge in [0, 0.05) is 11.5 Å². The van der Waals surface area contributed by atoms with Crippen LogP contribution >= 0.6 is 0 Å². The smallest absolute Gasteiger partial charge is 0.332 e. The lowest BCUT2D eigenvalue weighted by Crippen LogP contribution is -2.27. The molecule has 0 aliphatic heterocycles. The summed E-state index contributed by atoms with van der Waals surface area (Å²) in [6, 6.07) is 0. The lowest BCUT2D eigenvalue weighted by Gasteiger charge is -2.24. The Kier molecular flexibility index (Phi) is 7.23. The van der Waals surface area contributed by atoms with Gasteiger partial charge in [0.1, 0.15) is 0 Å². The third-order valence-electron chi connectivity index (χ3n) is 2.31. The highest BCUT2D eigenvalue weighted by atomic mass is 17.2. The van der Waals surface area contributed by atoms with Crippen LogP contribution in [0.25, 0.3) is 0 Å². The molecule has 0 amide bonds. The number of hydrogen-bond acceptors (Lipinski definition) is 4. The predicted molar refractivity (Wildman–Crippen MR) is 63.9 cm³/mol. The standard InChI is InChI=1S/C12H20O6/c1-4-5-6-17-18-8-12(2,3)9(11(15)16)7-10(13)14/h7H,4-6,8H2,1-3H3,(H,13,14)(H,15,16)/b9-7-. The Labute approximate surface area is 106 Å². The van der Waals surface area contributed by atoms with Crippen LogP contribution in [0.15, 0.2) is 11.6 Å². The molecule has 0 aromatic rings. The number of rotatable bonds is 9. The van der Waals surface area contributed by atoms with Crippen LogP contribution in [-0.4, -0.2) is 35.4 Å². The first kappa shape index (κ1) is 16.6. The van der Waals surface area contributed by atoms with Gasteiger partial charge in [0.05, 0.1) is 18.8 Å². The third-order valence-corrected chi connectivity index (χ3v) is 2.31. The van der Waals surface area contributed by atoms with E-state index in [-0.39, 0.29) is 12.2 Å². The number of hydrogen-bond donors (Lipinski definition) is 2. The first-order chi connectivity index (χ1) is 8.31. The van der Waals surface area contributed by atoms with Gasteiger partial charge in [0.2, 0.25) is 0 Å². The summed E-state index contributed by atoms with van der Waals surface area (Å²) in [7, 11) is 0. The molecular weight excluding hydrogens is 240 g/mol. The molecule has 0 aromatic carbocycles. The van der Waals surface area contributed by atoms with Crippen molar-refractivity contribution in [3.8, 4) is 0 Å². The van der Waals surface area contributed by atoms with E-state index in [1.807, 2.05) is 6.92 Å². The molecule has 0 rings (SSSR count). The third kappa shape index (κ3) is 6.36. The van der Waals surface area contributed by atoms with E-state index in [1.54, 1.807) is 13.8 Å². The van der Waals surface area contributed by atoms with Gasteiger partial charge < -0.3 is 10.2 Å². The van der Waals surface area contributed by atoms with E-state index < -0.39 is 17.4 Å². The van der Waals surface area contributed by atoms with Crippen molar-refractivity contribution in [1.29, 1.82) is 0 Å². The molecule has 6 heteroatoms. The Hall–Kier alpha value is -1.40. The quantitative estimate of drug-likeness (QED) is 0.284. The maximum atomic E-state index is 11.0. The molecule has 0 radical (unpaired) electrons. The van der Waals surface area contributed by atoms with Gasteiger partial charge in [-0.3, -0.25) is 0 Å². The highest BCUT2D eigenvalue weighted by Gasteiger charge is 2.30. The first-order valence-corrected chi connectivity index (χ1v) is 5.74. The fourth-order valence-corrected chi connectivity index (χ4v) is 1.20. The zero-order valence-corrected chi connectivity index (χ0v) is 10.9. The molecule has 104 valence electrons. The van der Waals surface area contributed by atoms with Gasteiger partial charge in [-0.25, -0.2) is 19.4 Å². The Balaban J connectivity index is 4.47. The highest BCUT2D eigenvalue weighted by Crippen LogP contribution is 2.27. The summed E-state index contributed by atoms with van der Waals surface area (Å²) in [6.45, 7) is 5.57. The second kappa shape index (κ2) is 7.84. The van der Waals surface area contributed by atoms with Gasteiger partial charge >= 0.3 is 11.9 Å². The van der Waals surface area contributed by atoms with Crippen LogP contribution in [0.3, 0.4) is 0 Å². The summed E-state index contributed by atoms with van der Waals surface area (Å²) >= 11 is 0. The zero-order valence-electron chi connectivity index (χ0n) is 10.9. The van der Waals surface area contributed by atoms with Gasteiger partial charge in [0.15, 0.2) is 0 Å². The van der Waals surface area contributed by atoms with Crippen molar-refractivity contribution in [2.45, 2.75) is 33.6 Å². The molecule has 0 bridgehead atoms. The Morgan fingerprint density at radius 3 is 2.28 bits per heavy atom. The molecule has 0 aliphatic carbocycles. The minimum atomic E-state index is -1.30. The van der Waals surface area contributed by atoms with Crippen molar-refractivity contribution in [1.82, 2.24) is 0 Å². The number of aliphatic carboxylic acids is 2. The SMILES string of the molecule is CCCCOOCC(C)(C)/C(=C\C(=O)O)C(=O)O. The fraction of sp³-hybridized carbons (Fsp3) is 0.667. The normalized spacial score (nSPS) is 12.5. The van der Waals surface area contributed by atoms with E-state index in [0.29, 0.717) is 12.7 Å². The Morgan fingerprint density at radius 1 is 1.22 bits per heavy atom. The van der Waals surface area contributed by atoms with E-state index in [2.05, 4.69) is 0 Å². The number of carboxylic acid groups (broad SMARTS) is 2. The molecule has 0 aromatic heterocycles. The molecule has 18 heavy (non-hydrogen) atoms. The molecular formula is C12H20O6. The molecule has 6 nitrogen and oxygen atoms in total. The molecule has 0 heterocycles. The number of unbranched alkanes of at least 4 members (excludes halogenated alkanes) is 1. The van der Waals surface area contributed by atoms with Crippen molar-refractivity contribution in [3.63, 3.8) is 0 Å². The van der Waals surface area contributed by atoms with Crippen LogP contribution in [0.5, 0.6) is 0 Å². The number of carboxylic acids is 2. The first-order valence-electron chi connectivity index (χ1n) is 5.74. The molecule has 0 saturated carbocycles. The van der Waals surface area contributed by atoms with Crippen molar-refractivity contribution < 1.29 is 29.6 Å². The van der Waals surface area contributed by atoms with Gasteiger partial charge in [-0.2, -0.15) is 0 Å². The lowest BCUT2D eigenvalue weighted by atomic mass is 9.85. The van der Waals surface area contributed by atoms with Crippen LogP contribution in [0.4, 0.5) is 0 Å². The van der Waals surface area contributed by atoms with Crippen LogP contribution in [0.1, 0.15) is 33.6 Å². The monoisotopic (exact) mass is 260 g/mol. The summed E-state index contributed by atoms with van der Waals surface area (Å²) in [4.78, 5) is 31.3. The van der Waals surface area contributed by atoms with E-state index >= 15 is 0 Å². The Bertz CT molecular complexity index is 319. The van der Waals surface area contributed by atoms with Crippen molar-refractivity contribution in [3.05, 3.63) is 11.6 Å². The molecule has 2 N–H and O–H groups in total. The van der Waals surface area contributed by atoms with Crippen molar-refractivity contribution >= 4 is 11.9 Å². The second-order valence-corrected chi connectivity index (χ2v) is 4.52. The van der Waals surface area contributed by atoms with E-state index in [0.717, 1.165) is 12.8 Å². The predicted octanol–water partition coefficient (Wildman–Crippen LogP) is 1.86. The molecule has 0 fully saturated rings. The maximum absolute atomic E-state index is 11.0. The summed E-state index contributed by atoms with van der Waals surface area (Å²) in [5, 5.41) is 17.6. The highest BCUT2D eigenvalue weighted by molar-refractivity contribution is 5.95. The van der Waals surface area contributed by atoms with E-state index in [9.17, 15) is 9.59 Å². The minimum absolute atomic E-state index is 0.0257. The van der Waals surface area contributed by atoms with Crippen LogP contribution < -0.4 is 0 Å². The topological polar surface area (TPSA) is 93.1 Å². The Morgan fingerprint density at radius 2 is 1.83 bits per heavy atom. The van der Waals surface area contributed by atoms with Gasteiger partial charge in [-0.15, -0.1) is 0 Å². The van der Waals surface area contributed by atoms with E-state index in [1.165, 1.54) is 0 Å². The average molecular weight is 260 g/mol. The van der Waals surface area contributed by atoms with Crippen LogP contribution in [0.2, 0.25) is 0 Å². The van der Waals surface area contributed by atoms with Gasteiger partial charge in [-0.05, 0) is 6.42 Å². The summed E-state index contributed by atoms with van der Waals surface area (Å²) in [6.07, 6.45) is 2.49. The summed E-state index contributed by atoms with van der Waals surface area (Å²) in [5.74, 6) is -2.58. The number of carbonyl (C=O) groups is 2. The summed E-state index contributed by atoms with van der Waals surface area (Å²) < 4.78 is 0. The molecule has 0 saturated heterocycles. The molecule has 0 spiro atoms. The van der Waals surface area contributed by atoms with Crippen LogP contribution in [-0.2, 0) is 19.4 Å². The second-order valence-electron chi connectivity index (χ2n) is 4.52. The summed E-state index contributed by atoms with van der Waals surface area (Å²) in [5.41, 5.74) is -1.18. The van der Waals surface area contributed by atoms with Crippen molar-refractivity contribution in [2.24, 2.45) is 5.41 Å². The fourth-order valence-electron chi connectivity index (χ4n) is 1.20. The largest absolute Gasteiger partial charge is 0.478 e. The molecule has 0 unspecified atom stereocenters. The lowest BCUT2D eigenvalue weighted by molar-refractivity contribution is -0.305. The average Bonchev–Trinajstić information content (AvgIpc) is 2.24.